The van der Waals surface area contributed by atoms with E-state index in [9.17, 15) is 5.11 Å². The highest BCUT2D eigenvalue weighted by molar-refractivity contribution is 5.35. The Morgan fingerprint density at radius 2 is 1.89 bits per heavy atom. The van der Waals surface area contributed by atoms with Crippen LogP contribution in [-0.2, 0) is 0 Å². The predicted octanol–water partition coefficient (Wildman–Crippen LogP) is 3.18. The summed E-state index contributed by atoms with van der Waals surface area (Å²) < 4.78 is 5.39. The third kappa shape index (κ3) is 3.12. The molecule has 100 valence electrons. The molecule has 0 saturated heterocycles. The number of rotatable bonds is 4. The van der Waals surface area contributed by atoms with Crippen molar-refractivity contribution in [1.29, 1.82) is 0 Å². The molecule has 0 aliphatic rings. The molecular formula is C16H19NO2. The summed E-state index contributed by atoms with van der Waals surface area (Å²) in [6, 6.07) is 9.50. The van der Waals surface area contributed by atoms with E-state index in [1.54, 1.807) is 6.20 Å². The zero-order valence-corrected chi connectivity index (χ0v) is 11.6. The molecule has 3 nitrogen and oxygen atoms in total. The average Bonchev–Trinajstić information content (AvgIpc) is 2.39. The molecule has 3 heteroatoms. The van der Waals surface area contributed by atoms with Gasteiger partial charge in [-0.1, -0.05) is 18.2 Å². The summed E-state index contributed by atoms with van der Waals surface area (Å²) in [5, 5.41) is 10.4. The van der Waals surface area contributed by atoms with Gasteiger partial charge < -0.3 is 9.84 Å². The largest absolute Gasteiger partial charge is 0.494 e. The summed E-state index contributed by atoms with van der Waals surface area (Å²) in [5.41, 5.74) is 3.62. The van der Waals surface area contributed by atoms with Gasteiger partial charge in [0.2, 0.25) is 0 Å². The van der Waals surface area contributed by atoms with Crippen molar-refractivity contribution in [1.82, 2.24) is 4.98 Å². The van der Waals surface area contributed by atoms with Gasteiger partial charge in [0.25, 0.3) is 0 Å². The van der Waals surface area contributed by atoms with E-state index in [1.807, 2.05) is 51.1 Å². The van der Waals surface area contributed by atoms with Gasteiger partial charge in [-0.15, -0.1) is 0 Å². The fourth-order valence-corrected chi connectivity index (χ4v) is 2.08. The van der Waals surface area contributed by atoms with E-state index in [0.29, 0.717) is 12.3 Å². The van der Waals surface area contributed by atoms with E-state index < -0.39 is 6.10 Å². The molecule has 1 atom stereocenters. The van der Waals surface area contributed by atoms with E-state index in [1.165, 1.54) is 0 Å². The highest BCUT2D eigenvalue weighted by Crippen LogP contribution is 2.25. The normalized spacial score (nSPS) is 12.2. The Morgan fingerprint density at radius 3 is 2.47 bits per heavy atom. The lowest BCUT2D eigenvalue weighted by atomic mass is 10.0. The molecule has 0 radical (unpaired) electrons. The molecule has 0 spiro atoms. The fourth-order valence-electron chi connectivity index (χ4n) is 2.08. The quantitative estimate of drug-likeness (QED) is 0.914. The number of ether oxygens (including phenoxy) is 1. The fraction of sp³-hybridized carbons (Fsp3) is 0.312. The molecule has 0 aliphatic heterocycles. The molecule has 1 N–H and O–H groups in total. The first kappa shape index (κ1) is 13.6. The van der Waals surface area contributed by atoms with Gasteiger partial charge in [-0.05, 0) is 49.6 Å². The summed E-state index contributed by atoms with van der Waals surface area (Å²) in [6.45, 7) is 6.54. The second-order valence-corrected chi connectivity index (χ2v) is 4.62. The van der Waals surface area contributed by atoms with E-state index in [-0.39, 0.29) is 0 Å². The zero-order chi connectivity index (χ0) is 13.8. The maximum atomic E-state index is 10.4. The Hall–Kier alpha value is -1.87. The van der Waals surface area contributed by atoms with Crippen LogP contribution in [0.2, 0.25) is 0 Å². The Morgan fingerprint density at radius 1 is 1.21 bits per heavy atom. The third-order valence-corrected chi connectivity index (χ3v) is 3.02. The van der Waals surface area contributed by atoms with Crippen molar-refractivity contribution in [3.05, 3.63) is 58.9 Å². The monoisotopic (exact) mass is 257 g/mol. The number of aliphatic hydroxyl groups is 1. The smallest absolute Gasteiger partial charge is 0.121 e. The minimum atomic E-state index is -0.698. The number of hydrogen-bond donors (Lipinski definition) is 1. The van der Waals surface area contributed by atoms with E-state index in [4.69, 9.17) is 4.74 Å². The van der Waals surface area contributed by atoms with Gasteiger partial charge in [0.1, 0.15) is 11.9 Å². The van der Waals surface area contributed by atoms with Gasteiger partial charge in [-0.3, -0.25) is 4.98 Å². The minimum Gasteiger partial charge on any atom is -0.494 e. The molecule has 0 saturated carbocycles. The molecule has 0 amide bonds. The van der Waals surface area contributed by atoms with Crippen molar-refractivity contribution in [3.63, 3.8) is 0 Å². The Bertz CT molecular complexity index is 549. The van der Waals surface area contributed by atoms with Crippen LogP contribution in [0.1, 0.15) is 35.4 Å². The van der Waals surface area contributed by atoms with Crippen LogP contribution < -0.4 is 4.74 Å². The lowest BCUT2D eigenvalue weighted by molar-refractivity contribution is 0.214. The van der Waals surface area contributed by atoms with Gasteiger partial charge in [0.15, 0.2) is 0 Å². The van der Waals surface area contributed by atoms with Gasteiger partial charge >= 0.3 is 0 Å². The van der Waals surface area contributed by atoms with Crippen molar-refractivity contribution in [2.45, 2.75) is 26.9 Å². The average molecular weight is 257 g/mol. The van der Waals surface area contributed by atoms with Crippen molar-refractivity contribution in [3.8, 4) is 5.75 Å². The van der Waals surface area contributed by atoms with Crippen LogP contribution in [0.3, 0.4) is 0 Å². The molecule has 1 aromatic heterocycles. The molecule has 0 bridgehead atoms. The Balaban J connectivity index is 2.25. The number of benzene rings is 1. The first-order chi connectivity index (χ1) is 9.11. The summed E-state index contributed by atoms with van der Waals surface area (Å²) >= 11 is 0. The first-order valence-electron chi connectivity index (χ1n) is 6.45. The number of hydrogen-bond acceptors (Lipinski definition) is 3. The number of pyridine rings is 1. The zero-order valence-electron chi connectivity index (χ0n) is 11.6. The maximum absolute atomic E-state index is 10.4. The summed E-state index contributed by atoms with van der Waals surface area (Å²) in [5.74, 6) is 0.812. The minimum absolute atomic E-state index is 0.639. The van der Waals surface area contributed by atoms with Crippen LogP contribution >= 0.6 is 0 Å². The number of aryl methyl sites for hydroxylation is 2. The van der Waals surface area contributed by atoms with Crippen LogP contribution in [0.4, 0.5) is 0 Å². The lowest BCUT2D eigenvalue weighted by Gasteiger charge is -2.14. The van der Waals surface area contributed by atoms with Crippen LogP contribution in [0, 0.1) is 13.8 Å². The van der Waals surface area contributed by atoms with Crippen molar-refractivity contribution in [2.75, 3.05) is 6.61 Å². The molecular weight excluding hydrogens is 238 g/mol. The molecule has 1 aromatic carbocycles. The van der Waals surface area contributed by atoms with Crippen LogP contribution in [0.25, 0.3) is 0 Å². The highest BCUT2D eigenvalue weighted by Gasteiger charge is 2.14. The SMILES string of the molecule is CCOc1ccc(C(O)c2ncc(C)cc2C)cc1. The molecule has 1 heterocycles. The van der Waals surface area contributed by atoms with Gasteiger partial charge in [0, 0.05) is 6.20 Å². The molecule has 2 aromatic rings. The molecule has 1 unspecified atom stereocenters. The van der Waals surface area contributed by atoms with Crippen LogP contribution in [0.15, 0.2) is 36.5 Å². The number of aromatic nitrogens is 1. The maximum Gasteiger partial charge on any atom is 0.121 e. The van der Waals surface area contributed by atoms with Crippen molar-refractivity contribution < 1.29 is 9.84 Å². The summed E-state index contributed by atoms with van der Waals surface area (Å²) in [7, 11) is 0. The van der Waals surface area contributed by atoms with E-state index in [2.05, 4.69) is 4.98 Å². The number of aliphatic hydroxyl groups excluding tert-OH is 1. The standard InChI is InChI=1S/C16H19NO2/c1-4-19-14-7-5-13(6-8-14)16(18)15-12(3)9-11(2)10-17-15/h5-10,16,18H,4H2,1-3H3. The number of nitrogens with zero attached hydrogens (tertiary/aromatic N) is 1. The van der Waals surface area contributed by atoms with E-state index >= 15 is 0 Å². The summed E-state index contributed by atoms with van der Waals surface area (Å²) in [4.78, 5) is 4.33. The van der Waals surface area contributed by atoms with Crippen LogP contribution in [0.5, 0.6) is 5.75 Å². The van der Waals surface area contributed by atoms with E-state index in [0.717, 1.165) is 22.4 Å². The highest BCUT2D eigenvalue weighted by atomic mass is 16.5. The Kier molecular flexibility index (Phi) is 4.17. The molecule has 19 heavy (non-hydrogen) atoms. The molecule has 0 fully saturated rings. The van der Waals surface area contributed by atoms with Crippen LogP contribution in [-0.4, -0.2) is 16.7 Å². The first-order valence-corrected chi connectivity index (χ1v) is 6.45. The van der Waals surface area contributed by atoms with Crippen molar-refractivity contribution in [2.24, 2.45) is 0 Å². The third-order valence-electron chi connectivity index (χ3n) is 3.02. The molecule has 0 aliphatic carbocycles. The second-order valence-electron chi connectivity index (χ2n) is 4.62. The Labute approximate surface area is 113 Å². The van der Waals surface area contributed by atoms with Crippen molar-refractivity contribution >= 4 is 0 Å². The predicted molar refractivity (Wildman–Crippen MR) is 75.4 cm³/mol. The topological polar surface area (TPSA) is 42.4 Å². The van der Waals surface area contributed by atoms with Gasteiger partial charge in [-0.25, -0.2) is 0 Å². The van der Waals surface area contributed by atoms with Gasteiger partial charge in [0.05, 0.1) is 12.3 Å². The molecule has 2 rings (SSSR count). The summed E-state index contributed by atoms with van der Waals surface area (Å²) in [6.07, 6.45) is 1.08. The lowest BCUT2D eigenvalue weighted by Crippen LogP contribution is -2.05. The van der Waals surface area contributed by atoms with Gasteiger partial charge in [-0.2, -0.15) is 0 Å². The second kappa shape index (κ2) is 5.85.